The van der Waals surface area contributed by atoms with Crippen LogP contribution in [0.2, 0.25) is 0 Å². The van der Waals surface area contributed by atoms with Gasteiger partial charge in [0.1, 0.15) is 11.4 Å². The van der Waals surface area contributed by atoms with Crippen molar-refractivity contribution in [3.8, 4) is 17.1 Å². The van der Waals surface area contributed by atoms with Gasteiger partial charge in [0.05, 0.1) is 41.9 Å². The third-order valence-electron chi connectivity index (χ3n) is 4.55. The molecule has 3 heterocycles. The Morgan fingerprint density at radius 1 is 0.926 bits per heavy atom. The highest BCUT2D eigenvalue weighted by Crippen LogP contribution is 2.33. The highest BCUT2D eigenvalue weighted by Gasteiger charge is 2.40. The molecule has 7 heteroatoms. The molecule has 0 fully saturated rings. The van der Waals surface area contributed by atoms with Gasteiger partial charge < -0.3 is 4.74 Å². The maximum Gasteiger partial charge on any atom is 0.262 e. The molecule has 0 unspecified atom stereocenters. The Labute approximate surface area is 155 Å². The molecule has 0 spiro atoms. The summed E-state index contributed by atoms with van der Waals surface area (Å²) in [4.78, 5) is 39.9. The summed E-state index contributed by atoms with van der Waals surface area (Å²) in [6.45, 7) is 1.76. The number of rotatable bonds is 4. The van der Waals surface area contributed by atoms with E-state index >= 15 is 0 Å². The molecule has 27 heavy (non-hydrogen) atoms. The Kier molecular flexibility index (Phi) is 4.12. The number of hydrogen-bond donors (Lipinski definition) is 0. The van der Waals surface area contributed by atoms with Crippen LogP contribution < -0.4 is 4.74 Å². The second kappa shape index (κ2) is 6.60. The molecule has 1 aromatic carbocycles. The maximum atomic E-state index is 12.8. The van der Waals surface area contributed by atoms with Crippen LogP contribution in [0, 0.1) is 0 Å². The van der Waals surface area contributed by atoms with Gasteiger partial charge in [0, 0.05) is 12.4 Å². The Morgan fingerprint density at radius 2 is 1.59 bits per heavy atom. The molecule has 0 bridgehead atoms. The third-order valence-corrected chi connectivity index (χ3v) is 4.55. The predicted molar refractivity (Wildman–Crippen MR) is 97.2 cm³/mol. The number of benzene rings is 1. The zero-order chi connectivity index (χ0) is 19.0. The van der Waals surface area contributed by atoms with Crippen LogP contribution in [-0.4, -0.2) is 38.8 Å². The van der Waals surface area contributed by atoms with E-state index in [1.807, 2.05) is 0 Å². The van der Waals surface area contributed by atoms with Gasteiger partial charge in [0.2, 0.25) is 0 Å². The second-order valence-electron chi connectivity index (χ2n) is 6.08. The molecule has 4 rings (SSSR count). The van der Waals surface area contributed by atoms with Gasteiger partial charge in [-0.3, -0.25) is 29.4 Å². The number of carbonyl (C=O) groups is 2. The molecule has 3 aromatic rings. The smallest absolute Gasteiger partial charge is 0.262 e. The maximum absolute atomic E-state index is 12.8. The number of hydrogen-bond acceptors (Lipinski definition) is 6. The quantitative estimate of drug-likeness (QED) is 0.665. The largest absolute Gasteiger partial charge is 0.495 e. The summed E-state index contributed by atoms with van der Waals surface area (Å²) in [5.41, 5.74) is 2.42. The molecule has 1 atom stereocenters. The van der Waals surface area contributed by atoms with Crippen LogP contribution in [-0.2, 0) is 0 Å². The lowest BCUT2D eigenvalue weighted by molar-refractivity contribution is 0.0592. The highest BCUT2D eigenvalue weighted by atomic mass is 16.5. The SMILES string of the molecule is COc1ccc(-c2nccnc2[C@@H](C)N2C(=O)c3ccccc3C2=O)nc1. The molecule has 1 aliphatic rings. The van der Waals surface area contributed by atoms with Crippen LogP contribution >= 0.6 is 0 Å². The lowest BCUT2D eigenvalue weighted by atomic mass is 10.1. The average Bonchev–Trinajstić information content (AvgIpc) is 2.98. The number of methoxy groups -OCH3 is 1. The number of imide groups is 1. The summed E-state index contributed by atoms with van der Waals surface area (Å²) in [6.07, 6.45) is 4.68. The van der Waals surface area contributed by atoms with Crippen LogP contribution in [0.5, 0.6) is 5.75 Å². The van der Waals surface area contributed by atoms with Gasteiger partial charge in [0.25, 0.3) is 11.8 Å². The fraction of sp³-hybridized carbons (Fsp3) is 0.150. The molecule has 0 aliphatic carbocycles. The number of ether oxygens (including phenoxy) is 1. The van der Waals surface area contributed by atoms with Gasteiger partial charge >= 0.3 is 0 Å². The molecule has 7 nitrogen and oxygen atoms in total. The Balaban J connectivity index is 1.74. The topological polar surface area (TPSA) is 85.3 Å². The number of pyridine rings is 1. The Hall–Kier alpha value is -3.61. The van der Waals surface area contributed by atoms with Gasteiger partial charge in [-0.15, -0.1) is 0 Å². The standard InChI is InChI=1S/C20H16N4O3/c1-12(24-19(25)14-5-3-4-6-15(14)20(24)26)17-18(22-10-9-21-17)16-8-7-13(27-2)11-23-16/h3-12H,1-2H3/t12-/m1/s1. The summed E-state index contributed by atoms with van der Waals surface area (Å²) < 4.78 is 5.13. The Bertz CT molecular complexity index is 998. The van der Waals surface area contributed by atoms with E-state index in [9.17, 15) is 9.59 Å². The number of amides is 2. The van der Waals surface area contributed by atoms with Crippen molar-refractivity contribution in [3.05, 3.63) is 71.8 Å². The predicted octanol–water partition coefficient (Wildman–Crippen LogP) is 2.90. The van der Waals surface area contributed by atoms with Crippen molar-refractivity contribution >= 4 is 11.8 Å². The number of fused-ring (bicyclic) bond motifs is 1. The van der Waals surface area contributed by atoms with Crippen molar-refractivity contribution in [2.45, 2.75) is 13.0 Å². The molecular weight excluding hydrogens is 344 g/mol. The van der Waals surface area contributed by atoms with Crippen LogP contribution in [0.15, 0.2) is 55.0 Å². The fourth-order valence-electron chi connectivity index (χ4n) is 3.17. The zero-order valence-corrected chi connectivity index (χ0v) is 14.8. The normalized spacial score (nSPS) is 14.2. The zero-order valence-electron chi connectivity index (χ0n) is 14.8. The fourth-order valence-corrected chi connectivity index (χ4v) is 3.17. The van der Waals surface area contributed by atoms with Gasteiger partial charge in [-0.1, -0.05) is 12.1 Å². The van der Waals surface area contributed by atoms with E-state index in [0.29, 0.717) is 34.0 Å². The monoisotopic (exact) mass is 360 g/mol. The Morgan fingerprint density at radius 3 is 2.19 bits per heavy atom. The van der Waals surface area contributed by atoms with Crippen molar-refractivity contribution < 1.29 is 14.3 Å². The van der Waals surface area contributed by atoms with E-state index in [0.717, 1.165) is 0 Å². The van der Waals surface area contributed by atoms with Gasteiger partial charge in [-0.2, -0.15) is 0 Å². The van der Waals surface area contributed by atoms with Crippen molar-refractivity contribution in [1.82, 2.24) is 19.9 Å². The van der Waals surface area contributed by atoms with E-state index in [-0.39, 0.29) is 11.8 Å². The summed E-state index contributed by atoms with van der Waals surface area (Å²) in [7, 11) is 1.56. The first-order valence-corrected chi connectivity index (χ1v) is 8.40. The van der Waals surface area contributed by atoms with E-state index in [1.54, 1.807) is 62.8 Å². The van der Waals surface area contributed by atoms with E-state index < -0.39 is 6.04 Å². The molecular formula is C20H16N4O3. The average molecular weight is 360 g/mol. The molecule has 2 amide bonds. The molecule has 0 saturated carbocycles. The number of aromatic nitrogens is 3. The molecule has 0 saturated heterocycles. The summed E-state index contributed by atoms with van der Waals surface area (Å²) >= 11 is 0. The van der Waals surface area contributed by atoms with Crippen LogP contribution in [0.4, 0.5) is 0 Å². The number of nitrogens with zero attached hydrogens (tertiary/aromatic N) is 4. The van der Waals surface area contributed by atoms with Gasteiger partial charge in [-0.05, 0) is 31.2 Å². The molecule has 0 N–H and O–H groups in total. The van der Waals surface area contributed by atoms with Crippen LogP contribution in [0.25, 0.3) is 11.4 Å². The van der Waals surface area contributed by atoms with Crippen molar-refractivity contribution in [2.75, 3.05) is 7.11 Å². The van der Waals surface area contributed by atoms with Crippen LogP contribution in [0.1, 0.15) is 39.4 Å². The first-order chi connectivity index (χ1) is 13.1. The lowest BCUT2D eigenvalue weighted by Gasteiger charge is -2.23. The molecule has 2 aromatic heterocycles. The van der Waals surface area contributed by atoms with E-state index in [4.69, 9.17) is 4.74 Å². The third kappa shape index (κ3) is 2.73. The molecule has 134 valence electrons. The van der Waals surface area contributed by atoms with E-state index in [1.165, 1.54) is 11.1 Å². The minimum absolute atomic E-state index is 0.331. The minimum atomic E-state index is -0.593. The first kappa shape index (κ1) is 16.8. The summed E-state index contributed by atoms with van der Waals surface area (Å²) in [6, 6.07) is 9.75. The highest BCUT2D eigenvalue weighted by molar-refractivity contribution is 6.21. The van der Waals surface area contributed by atoms with Crippen molar-refractivity contribution in [3.63, 3.8) is 0 Å². The van der Waals surface area contributed by atoms with Crippen molar-refractivity contribution in [1.29, 1.82) is 0 Å². The van der Waals surface area contributed by atoms with Crippen molar-refractivity contribution in [2.24, 2.45) is 0 Å². The summed E-state index contributed by atoms with van der Waals surface area (Å²) in [5, 5.41) is 0. The van der Waals surface area contributed by atoms with Crippen LogP contribution in [0.3, 0.4) is 0 Å². The van der Waals surface area contributed by atoms with E-state index in [2.05, 4.69) is 15.0 Å². The second-order valence-corrected chi connectivity index (χ2v) is 6.08. The minimum Gasteiger partial charge on any atom is -0.495 e. The first-order valence-electron chi connectivity index (χ1n) is 8.40. The molecule has 0 radical (unpaired) electrons. The lowest BCUT2D eigenvalue weighted by Crippen LogP contribution is -2.33. The molecule has 1 aliphatic heterocycles. The number of carbonyl (C=O) groups excluding carboxylic acids is 2. The van der Waals surface area contributed by atoms with Gasteiger partial charge in [-0.25, -0.2) is 0 Å². The summed E-state index contributed by atoms with van der Waals surface area (Å²) in [5.74, 6) is -0.0395. The van der Waals surface area contributed by atoms with Gasteiger partial charge in [0.15, 0.2) is 0 Å².